The van der Waals surface area contributed by atoms with E-state index in [-0.39, 0.29) is 42.9 Å². The number of benzene rings is 1. The molecule has 2 aromatic rings. The van der Waals surface area contributed by atoms with Gasteiger partial charge in [-0.25, -0.2) is 4.98 Å². The molecule has 0 spiro atoms. The van der Waals surface area contributed by atoms with Gasteiger partial charge in [0.2, 0.25) is 11.8 Å². The smallest absolute Gasteiger partial charge is 0.259 e. The van der Waals surface area contributed by atoms with Crippen molar-refractivity contribution in [1.29, 1.82) is 0 Å². The van der Waals surface area contributed by atoms with Crippen LogP contribution in [0.25, 0.3) is 11.1 Å². The van der Waals surface area contributed by atoms with Gasteiger partial charge in [-0.1, -0.05) is 31.2 Å². The first-order chi connectivity index (χ1) is 15.8. The molecule has 2 heterocycles. The van der Waals surface area contributed by atoms with E-state index in [1.165, 1.54) is 7.11 Å². The Morgan fingerprint density at radius 3 is 2.76 bits per heavy atom. The van der Waals surface area contributed by atoms with Gasteiger partial charge in [0, 0.05) is 38.4 Å². The highest BCUT2D eigenvalue weighted by molar-refractivity contribution is 5.98. The lowest BCUT2D eigenvalue weighted by atomic mass is 9.98. The number of ether oxygens (including phenoxy) is 2. The van der Waals surface area contributed by atoms with Gasteiger partial charge in [0.25, 0.3) is 5.91 Å². The van der Waals surface area contributed by atoms with Crippen molar-refractivity contribution in [2.75, 3.05) is 40.5 Å². The van der Waals surface area contributed by atoms with Crippen LogP contribution in [0.4, 0.5) is 0 Å². The molecule has 0 bridgehead atoms. The monoisotopic (exact) mass is 455 g/mol. The third kappa shape index (κ3) is 5.51. The van der Waals surface area contributed by atoms with Gasteiger partial charge >= 0.3 is 0 Å². The van der Waals surface area contributed by atoms with E-state index in [0.717, 1.165) is 16.7 Å². The fourth-order valence-corrected chi connectivity index (χ4v) is 3.97. The van der Waals surface area contributed by atoms with Crippen molar-refractivity contribution in [2.24, 2.45) is 5.92 Å². The molecule has 8 nitrogen and oxygen atoms in total. The summed E-state index contributed by atoms with van der Waals surface area (Å²) in [6.45, 7) is 6.32. The molecule has 3 rings (SSSR count). The van der Waals surface area contributed by atoms with Crippen molar-refractivity contribution >= 4 is 11.8 Å². The fourth-order valence-electron chi connectivity index (χ4n) is 3.97. The topological polar surface area (TPSA) is 92.2 Å². The van der Waals surface area contributed by atoms with E-state index in [2.05, 4.69) is 4.98 Å². The lowest BCUT2D eigenvalue weighted by Gasteiger charge is -2.37. The SMILES string of the molecule is COCC(=O)N(C)C[C@H]1Oc2ncc(-c3ccccc3C)cc2C(=O)N([C@@H](C)CO)C[C@H]1C. The summed E-state index contributed by atoms with van der Waals surface area (Å²) < 4.78 is 11.2. The number of amides is 2. The number of aliphatic hydroxyl groups is 1. The fraction of sp³-hybridized carbons (Fsp3) is 0.480. The highest BCUT2D eigenvalue weighted by Crippen LogP contribution is 2.31. The minimum absolute atomic E-state index is 0.0155. The van der Waals surface area contributed by atoms with Crippen molar-refractivity contribution in [1.82, 2.24) is 14.8 Å². The Bertz CT molecular complexity index is 996. The van der Waals surface area contributed by atoms with Crippen LogP contribution in [-0.2, 0) is 9.53 Å². The van der Waals surface area contributed by atoms with E-state index < -0.39 is 6.10 Å². The average molecular weight is 456 g/mol. The van der Waals surface area contributed by atoms with Crippen molar-refractivity contribution in [2.45, 2.75) is 32.9 Å². The Balaban J connectivity index is 2.02. The van der Waals surface area contributed by atoms with Crippen LogP contribution >= 0.6 is 0 Å². The molecular weight excluding hydrogens is 422 g/mol. The maximum atomic E-state index is 13.5. The van der Waals surface area contributed by atoms with Crippen LogP contribution in [0, 0.1) is 12.8 Å². The van der Waals surface area contributed by atoms with Gasteiger partial charge in [0.1, 0.15) is 18.3 Å². The Morgan fingerprint density at radius 2 is 2.09 bits per heavy atom. The zero-order valence-corrected chi connectivity index (χ0v) is 19.9. The lowest BCUT2D eigenvalue weighted by Crippen LogP contribution is -2.50. The third-order valence-electron chi connectivity index (χ3n) is 6.12. The quantitative estimate of drug-likeness (QED) is 0.689. The number of hydrogen-bond donors (Lipinski definition) is 1. The maximum absolute atomic E-state index is 13.5. The molecule has 1 aliphatic rings. The van der Waals surface area contributed by atoms with Crippen LogP contribution in [0.5, 0.6) is 5.88 Å². The second-order valence-corrected chi connectivity index (χ2v) is 8.72. The predicted molar refractivity (Wildman–Crippen MR) is 125 cm³/mol. The van der Waals surface area contributed by atoms with Gasteiger partial charge in [-0.15, -0.1) is 0 Å². The molecule has 1 aliphatic heterocycles. The Kier molecular flexibility index (Phi) is 8.05. The molecule has 33 heavy (non-hydrogen) atoms. The van der Waals surface area contributed by atoms with E-state index in [1.807, 2.05) is 45.0 Å². The molecule has 178 valence electrons. The summed E-state index contributed by atoms with van der Waals surface area (Å²) in [5, 5.41) is 9.81. The number of aliphatic hydroxyl groups excluding tert-OH is 1. The summed E-state index contributed by atoms with van der Waals surface area (Å²) in [4.78, 5) is 33.6. The first-order valence-corrected chi connectivity index (χ1v) is 11.1. The number of nitrogens with zero attached hydrogens (tertiary/aromatic N) is 3. The molecule has 8 heteroatoms. The van der Waals surface area contributed by atoms with Crippen LogP contribution in [-0.4, -0.2) is 84.3 Å². The van der Waals surface area contributed by atoms with Crippen molar-refractivity contribution in [3.8, 4) is 17.0 Å². The van der Waals surface area contributed by atoms with Gasteiger partial charge in [0.15, 0.2) is 0 Å². The van der Waals surface area contributed by atoms with Crippen molar-refractivity contribution < 1.29 is 24.2 Å². The molecule has 0 aliphatic carbocycles. The number of carbonyl (C=O) groups excluding carboxylic acids is 2. The number of likely N-dealkylation sites (N-methyl/N-ethyl adjacent to an activating group) is 1. The average Bonchev–Trinajstić information content (AvgIpc) is 2.81. The molecule has 0 radical (unpaired) electrons. The van der Waals surface area contributed by atoms with Gasteiger partial charge in [-0.05, 0) is 31.0 Å². The zero-order chi connectivity index (χ0) is 24.1. The summed E-state index contributed by atoms with van der Waals surface area (Å²) in [5.41, 5.74) is 3.22. The van der Waals surface area contributed by atoms with E-state index >= 15 is 0 Å². The highest BCUT2D eigenvalue weighted by atomic mass is 16.5. The van der Waals surface area contributed by atoms with Crippen molar-refractivity contribution in [3.05, 3.63) is 47.7 Å². The molecule has 1 aromatic heterocycles. The number of pyridine rings is 1. The highest BCUT2D eigenvalue weighted by Gasteiger charge is 2.34. The third-order valence-corrected chi connectivity index (χ3v) is 6.12. The number of methoxy groups -OCH3 is 1. The molecule has 1 N–H and O–H groups in total. The van der Waals surface area contributed by atoms with Gasteiger partial charge in [-0.2, -0.15) is 0 Å². The van der Waals surface area contributed by atoms with E-state index in [4.69, 9.17) is 9.47 Å². The Hall–Kier alpha value is -2.97. The predicted octanol–water partition coefficient (Wildman–Crippen LogP) is 2.38. The molecule has 0 saturated heterocycles. The summed E-state index contributed by atoms with van der Waals surface area (Å²) in [5.74, 6) is -0.262. The number of aromatic nitrogens is 1. The lowest BCUT2D eigenvalue weighted by molar-refractivity contribution is -0.135. The number of fused-ring (bicyclic) bond motifs is 1. The first kappa shape index (κ1) is 24.7. The summed E-state index contributed by atoms with van der Waals surface area (Å²) in [6.07, 6.45) is 1.31. The van der Waals surface area contributed by atoms with Crippen LogP contribution < -0.4 is 4.74 Å². The summed E-state index contributed by atoms with van der Waals surface area (Å²) in [7, 11) is 3.18. The number of aryl methyl sites for hydroxylation is 1. The first-order valence-electron chi connectivity index (χ1n) is 11.1. The molecule has 0 unspecified atom stereocenters. The second-order valence-electron chi connectivity index (χ2n) is 8.72. The van der Waals surface area contributed by atoms with E-state index in [0.29, 0.717) is 18.7 Å². The van der Waals surface area contributed by atoms with Crippen molar-refractivity contribution in [3.63, 3.8) is 0 Å². The summed E-state index contributed by atoms with van der Waals surface area (Å²) in [6, 6.07) is 9.34. The van der Waals surface area contributed by atoms with Gasteiger partial charge in [-0.3, -0.25) is 9.59 Å². The van der Waals surface area contributed by atoms with Crippen LogP contribution in [0.15, 0.2) is 36.5 Å². The minimum Gasteiger partial charge on any atom is -0.472 e. The molecule has 2 amide bonds. The second kappa shape index (κ2) is 10.8. The molecular formula is C25H33N3O5. The van der Waals surface area contributed by atoms with Crippen LogP contribution in [0.1, 0.15) is 29.8 Å². The van der Waals surface area contributed by atoms with E-state index in [1.54, 1.807) is 29.1 Å². The Morgan fingerprint density at radius 1 is 1.36 bits per heavy atom. The van der Waals surface area contributed by atoms with Crippen LogP contribution in [0.2, 0.25) is 0 Å². The van der Waals surface area contributed by atoms with Gasteiger partial charge in [0.05, 0.1) is 19.2 Å². The standard InChI is InChI=1S/C25H33N3O5/c1-16-8-6-7-9-20(16)19-10-21-24(26-11-19)33-22(13-27(4)23(30)15-32-5)17(2)12-28(25(21)31)18(3)14-29/h6-11,17-18,22,29H,12-15H2,1-5H3/t17-,18+,22-/m1/s1. The molecule has 0 saturated carbocycles. The normalized spacial score (nSPS) is 19.2. The number of rotatable bonds is 7. The molecule has 0 fully saturated rings. The van der Waals surface area contributed by atoms with E-state index in [9.17, 15) is 14.7 Å². The largest absolute Gasteiger partial charge is 0.472 e. The zero-order valence-electron chi connectivity index (χ0n) is 19.9. The summed E-state index contributed by atoms with van der Waals surface area (Å²) >= 11 is 0. The molecule has 1 aromatic carbocycles. The number of carbonyl (C=O) groups is 2. The van der Waals surface area contributed by atoms with Crippen LogP contribution in [0.3, 0.4) is 0 Å². The Labute approximate surface area is 195 Å². The number of hydrogen-bond acceptors (Lipinski definition) is 6. The molecule has 3 atom stereocenters. The maximum Gasteiger partial charge on any atom is 0.259 e. The van der Waals surface area contributed by atoms with Gasteiger partial charge < -0.3 is 24.4 Å². The minimum atomic E-state index is -0.395.